The van der Waals surface area contributed by atoms with Crippen LogP contribution in [0.1, 0.15) is 42.4 Å². The molecule has 2 fully saturated rings. The van der Waals surface area contributed by atoms with Crippen molar-refractivity contribution in [2.75, 3.05) is 38.6 Å². The van der Waals surface area contributed by atoms with Gasteiger partial charge in [-0.15, -0.1) is 0 Å². The molecule has 7 nitrogen and oxygen atoms in total. The Hall–Kier alpha value is -3.42. The highest BCUT2D eigenvalue weighted by molar-refractivity contribution is 6.07. The van der Waals surface area contributed by atoms with Crippen LogP contribution in [0.25, 0.3) is 21.9 Å². The molecule has 37 heavy (non-hydrogen) atoms. The van der Waals surface area contributed by atoms with Crippen molar-refractivity contribution in [2.24, 2.45) is 0 Å². The fraction of sp³-hybridized carbons (Fsp3) is 0.400. The van der Waals surface area contributed by atoms with E-state index in [9.17, 15) is 5.11 Å². The Morgan fingerprint density at radius 1 is 0.838 bits per heavy atom. The first-order chi connectivity index (χ1) is 18.1. The van der Waals surface area contributed by atoms with E-state index in [-0.39, 0.29) is 0 Å². The Kier molecular flexibility index (Phi) is 6.57. The van der Waals surface area contributed by atoms with Crippen molar-refractivity contribution in [2.45, 2.75) is 45.7 Å². The summed E-state index contributed by atoms with van der Waals surface area (Å²) in [5.74, 6) is 0.989. The van der Waals surface area contributed by atoms with E-state index in [4.69, 9.17) is 14.7 Å². The molecule has 2 N–H and O–H groups in total. The Labute approximate surface area is 218 Å². The van der Waals surface area contributed by atoms with Crippen LogP contribution in [0.2, 0.25) is 0 Å². The molecule has 192 valence electrons. The standard InChI is InChI=1S/C30H35N5O2/c1-20-7-8-24-26(15-20)32-25-9-10-27(37-2)33-29(25)28(24)31-23-16-21(18-34-11-3-4-12-34)30(36)22(17-23)19-35-13-5-6-14-35/h7-10,15-17,36H,3-6,11-14,18-19H2,1-2H3,(H,31,32). The first-order valence-corrected chi connectivity index (χ1v) is 13.4. The van der Waals surface area contributed by atoms with Gasteiger partial charge in [0.2, 0.25) is 5.88 Å². The largest absolute Gasteiger partial charge is 0.507 e. The zero-order valence-electron chi connectivity index (χ0n) is 21.8. The molecular weight excluding hydrogens is 462 g/mol. The van der Waals surface area contributed by atoms with Crippen molar-refractivity contribution in [1.82, 2.24) is 19.8 Å². The second-order valence-electron chi connectivity index (χ2n) is 10.5. The number of hydrogen-bond acceptors (Lipinski definition) is 7. The maximum absolute atomic E-state index is 11.3. The Morgan fingerprint density at radius 3 is 2.11 bits per heavy atom. The third kappa shape index (κ3) is 4.93. The van der Waals surface area contributed by atoms with Crippen LogP contribution in [-0.2, 0) is 13.1 Å². The van der Waals surface area contributed by atoms with E-state index >= 15 is 0 Å². The van der Waals surface area contributed by atoms with Crippen LogP contribution in [0.15, 0.2) is 42.5 Å². The van der Waals surface area contributed by atoms with Gasteiger partial charge in [0.25, 0.3) is 0 Å². The molecule has 7 heteroatoms. The van der Waals surface area contributed by atoms with Gasteiger partial charge in [0, 0.05) is 41.4 Å². The van der Waals surface area contributed by atoms with Gasteiger partial charge >= 0.3 is 0 Å². The molecule has 4 aromatic rings. The number of aryl methyl sites for hydroxylation is 1. The lowest BCUT2D eigenvalue weighted by atomic mass is 10.0. The lowest BCUT2D eigenvalue weighted by molar-refractivity contribution is 0.312. The topological polar surface area (TPSA) is 73.8 Å². The smallest absolute Gasteiger partial charge is 0.213 e. The average molecular weight is 498 g/mol. The van der Waals surface area contributed by atoms with Gasteiger partial charge in [-0.25, -0.2) is 9.97 Å². The molecule has 2 aromatic heterocycles. The normalized spacial score (nSPS) is 16.7. The van der Waals surface area contributed by atoms with E-state index in [1.807, 2.05) is 12.1 Å². The summed E-state index contributed by atoms with van der Waals surface area (Å²) in [7, 11) is 1.63. The first kappa shape index (κ1) is 23.9. The summed E-state index contributed by atoms with van der Waals surface area (Å²) in [6, 6.07) is 14.3. The van der Waals surface area contributed by atoms with Crippen LogP contribution in [0.3, 0.4) is 0 Å². The summed E-state index contributed by atoms with van der Waals surface area (Å²) in [6.45, 7) is 7.94. The van der Waals surface area contributed by atoms with E-state index in [0.717, 1.165) is 89.3 Å². The SMILES string of the molecule is COc1ccc2nc3cc(C)ccc3c(Nc3cc(CN4CCCC4)c(O)c(CN4CCCC4)c3)c2n1. The molecule has 0 aliphatic carbocycles. The number of nitrogens with zero attached hydrogens (tertiary/aromatic N) is 4. The van der Waals surface area contributed by atoms with Crippen LogP contribution in [0.5, 0.6) is 11.6 Å². The van der Waals surface area contributed by atoms with Gasteiger partial charge in [0.15, 0.2) is 0 Å². The van der Waals surface area contributed by atoms with E-state index in [1.165, 1.54) is 25.7 Å². The molecule has 2 aliphatic heterocycles. The van der Waals surface area contributed by atoms with E-state index in [1.54, 1.807) is 7.11 Å². The van der Waals surface area contributed by atoms with Gasteiger partial charge in [-0.1, -0.05) is 12.1 Å². The number of hydrogen-bond donors (Lipinski definition) is 2. The molecule has 4 heterocycles. The highest BCUT2D eigenvalue weighted by atomic mass is 16.5. The van der Waals surface area contributed by atoms with Gasteiger partial charge in [-0.2, -0.15) is 0 Å². The fourth-order valence-corrected chi connectivity index (χ4v) is 5.73. The van der Waals surface area contributed by atoms with Crippen molar-refractivity contribution >= 4 is 33.3 Å². The summed E-state index contributed by atoms with van der Waals surface area (Å²) in [5, 5.41) is 16.0. The summed E-state index contributed by atoms with van der Waals surface area (Å²) >= 11 is 0. The third-order valence-electron chi connectivity index (χ3n) is 7.68. The fourth-order valence-electron chi connectivity index (χ4n) is 5.73. The number of rotatable bonds is 7. The average Bonchev–Trinajstić information content (AvgIpc) is 3.61. The van der Waals surface area contributed by atoms with E-state index in [0.29, 0.717) is 11.6 Å². The van der Waals surface area contributed by atoms with Crippen LogP contribution >= 0.6 is 0 Å². The number of pyridine rings is 2. The monoisotopic (exact) mass is 497 g/mol. The zero-order valence-corrected chi connectivity index (χ0v) is 21.8. The molecule has 0 bridgehead atoms. The molecule has 0 radical (unpaired) electrons. The van der Waals surface area contributed by atoms with Gasteiger partial charge in [-0.05, 0) is 88.6 Å². The second kappa shape index (κ2) is 10.1. The minimum Gasteiger partial charge on any atom is -0.507 e. The van der Waals surface area contributed by atoms with Crippen molar-refractivity contribution in [3.8, 4) is 11.6 Å². The number of aromatic nitrogens is 2. The van der Waals surface area contributed by atoms with Crippen LogP contribution in [0.4, 0.5) is 11.4 Å². The quantitative estimate of drug-likeness (QED) is 0.249. The van der Waals surface area contributed by atoms with Gasteiger partial charge in [-0.3, -0.25) is 9.80 Å². The van der Waals surface area contributed by atoms with Crippen molar-refractivity contribution in [3.63, 3.8) is 0 Å². The number of phenolic OH excluding ortho intramolecular Hbond substituents is 1. The highest BCUT2D eigenvalue weighted by Gasteiger charge is 2.20. The predicted octanol–water partition coefficient (Wildman–Crippen LogP) is 5.74. The molecule has 6 rings (SSSR count). The summed E-state index contributed by atoms with van der Waals surface area (Å²) in [4.78, 5) is 14.5. The number of nitrogens with one attached hydrogen (secondary N) is 1. The molecule has 0 atom stereocenters. The lowest BCUT2D eigenvalue weighted by Crippen LogP contribution is -2.20. The number of likely N-dealkylation sites (tertiary alicyclic amines) is 2. The van der Waals surface area contributed by atoms with E-state index < -0.39 is 0 Å². The third-order valence-corrected chi connectivity index (χ3v) is 7.68. The lowest BCUT2D eigenvalue weighted by Gasteiger charge is -2.22. The molecule has 2 aliphatic rings. The molecule has 2 aromatic carbocycles. The number of anilines is 2. The second-order valence-corrected chi connectivity index (χ2v) is 10.5. The van der Waals surface area contributed by atoms with Crippen molar-refractivity contribution in [3.05, 3.63) is 59.2 Å². The highest BCUT2D eigenvalue weighted by Crippen LogP contribution is 2.37. The maximum atomic E-state index is 11.3. The molecule has 0 saturated carbocycles. The molecule has 0 amide bonds. The van der Waals surface area contributed by atoms with Gasteiger partial charge < -0.3 is 15.2 Å². The Bertz CT molecular complexity index is 1400. The van der Waals surface area contributed by atoms with Crippen LogP contribution in [0, 0.1) is 6.92 Å². The predicted molar refractivity (Wildman–Crippen MR) is 149 cm³/mol. The number of ether oxygens (including phenoxy) is 1. The summed E-state index contributed by atoms with van der Waals surface area (Å²) in [5.41, 5.74) is 7.49. The summed E-state index contributed by atoms with van der Waals surface area (Å²) < 4.78 is 5.45. The molecular formula is C30H35N5O2. The first-order valence-electron chi connectivity index (χ1n) is 13.4. The Morgan fingerprint density at radius 2 is 1.49 bits per heavy atom. The number of fused-ring (bicyclic) bond motifs is 2. The molecule has 0 spiro atoms. The Balaban J connectivity index is 1.47. The van der Waals surface area contributed by atoms with Crippen LogP contribution < -0.4 is 10.1 Å². The van der Waals surface area contributed by atoms with Crippen molar-refractivity contribution < 1.29 is 9.84 Å². The van der Waals surface area contributed by atoms with Gasteiger partial charge in [0.1, 0.15) is 11.3 Å². The maximum Gasteiger partial charge on any atom is 0.213 e. The van der Waals surface area contributed by atoms with Crippen molar-refractivity contribution in [1.29, 1.82) is 0 Å². The number of benzene rings is 2. The van der Waals surface area contributed by atoms with E-state index in [2.05, 4.69) is 52.4 Å². The van der Waals surface area contributed by atoms with Crippen LogP contribution in [-0.4, -0.2) is 58.2 Å². The van der Waals surface area contributed by atoms with Gasteiger partial charge in [0.05, 0.1) is 23.8 Å². The number of methoxy groups -OCH3 is 1. The number of aromatic hydroxyl groups is 1. The molecule has 0 unspecified atom stereocenters. The zero-order chi connectivity index (χ0) is 25.4. The molecule has 2 saturated heterocycles. The minimum absolute atomic E-state index is 0.434. The number of phenols is 1. The summed E-state index contributed by atoms with van der Waals surface area (Å²) in [6.07, 6.45) is 4.89. The minimum atomic E-state index is 0.434.